The van der Waals surface area contributed by atoms with Crippen molar-refractivity contribution in [3.8, 4) is 0 Å². The molecule has 4 amide bonds. The van der Waals surface area contributed by atoms with E-state index in [1.54, 1.807) is 91.0 Å². The molecule has 0 atom stereocenters. The molecule has 2 N–H and O–H groups in total. The maximum Gasteiger partial charge on any atom is 0.272 e. The van der Waals surface area contributed by atoms with Crippen molar-refractivity contribution >= 4 is 47.2 Å². The fraction of sp³-hybridized carbons (Fsp3) is 0.0345. The number of hydrogen-bond acceptors (Lipinski definition) is 6. The maximum absolute atomic E-state index is 13.0. The fourth-order valence-corrected chi connectivity index (χ4v) is 4.63. The second kappa shape index (κ2) is 11.0. The third-order valence-electron chi connectivity index (χ3n) is 5.71. The molecule has 0 bridgehead atoms. The van der Waals surface area contributed by atoms with Crippen LogP contribution < -0.4 is 10.6 Å². The number of hydrogen-bond donors (Lipinski definition) is 2. The van der Waals surface area contributed by atoms with Crippen LogP contribution in [0.5, 0.6) is 0 Å². The number of rotatable bonds is 8. The highest BCUT2D eigenvalue weighted by atomic mass is 32.2. The minimum absolute atomic E-state index is 0.0119. The van der Waals surface area contributed by atoms with Crippen molar-refractivity contribution in [2.24, 2.45) is 0 Å². The zero-order chi connectivity index (χ0) is 26.5. The molecular formula is C29H21N3O5S. The molecule has 0 fully saturated rings. The summed E-state index contributed by atoms with van der Waals surface area (Å²) < 4.78 is 5.31. The Labute approximate surface area is 222 Å². The van der Waals surface area contributed by atoms with Crippen molar-refractivity contribution in [1.29, 1.82) is 0 Å². The number of nitrogens with zero attached hydrogens (tertiary/aromatic N) is 1. The number of benzene rings is 3. The van der Waals surface area contributed by atoms with Gasteiger partial charge < -0.3 is 15.1 Å². The zero-order valence-electron chi connectivity index (χ0n) is 19.9. The third-order valence-corrected chi connectivity index (χ3v) is 6.70. The molecule has 1 aliphatic heterocycles. The molecule has 5 rings (SSSR count). The summed E-state index contributed by atoms with van der Waals surface area (Å²) in [4.78, 5) is 52.8. The first-order valence-corrected chi connectivity index (χ1v) is 12.6. The summed E-state index contributed by atoms with van der Waals surface area (Å²) in [5, 5.41) is 5.42. The van der Waals surface area contributed by atoms with Gasteiger partial charge in [0, 0.05) is 22.2 Å². The molecule has 2 heterocycles. The Morgan fingerprint density at radius 1 is 0.816 bits per heavy atom. The van der Waals surface area contributed by atoms with Crippen molar-refractivity contribution in [2.75, 3.05) is 11.2 Å². The Hall–Kier alpha value is -4.89. The molecule has 4 aromatic rings. The number of anilines is 1. The van der Waals surface area contributed by atoms with Crippen LogP contribution in [0.2, 0.25) is 0 Å². The maximum atomic E-state index is 13.0. The zero-order valence-corrected chi connectivity index (χ0v) is 20.7. The molecule has 1 aromatic heterocycles. The van der Waals surface area contributed by atoms with Gasteiger partial charge in [0.15, 0.2) is 0 Å². The van der Waals surface area contributed by atoms with Crippen LogP contribution in [0.15, 0.2) is 112 Å². The minimum Gasteiger partial charge on any atom is -0.465 e. The molecule has 0 unspecified atom stereocenters. The van der Waals surface area contributed by atoms with Gasteiger partial charge in [-0.3, -0.25) is 24.1 Å². The van der Waals surface area contributed by atoms with Gasteiger partial charge in [-0.15, -0.1) is 11.8 Å². The van der Waals surface area contributed by atoms with Crippen LogP contribution in [-0.2, 0) is 4.79 Å². The van der Waals surface area contributed by atoms with E-state index in [0.717, 1.165) is 4.90 Å². The van der Waals surface area contributed by atoms with E-state index in [1.165, 1.54) is 29.0 Å². The molecule has 8 nitrogen and oxygen atoms in total. The van der Waals surface area contributed by atoms with Crippen molar-refractivity contribution in [1.82, 2.24) is 10.2 Å². The van der Waals surface area contributed by atoms with Crippen LogP contribution in [-0.4, -0.2) is 34.4 Å². The number of nitrogens with one attached hydrogen (secondary N) is 2. The topological polar surface area (TPSA) is 109 Å². The van der Waals surface area contributed by atoms with E-state index in [-0.39, 0.29) is 23.4 Å². The number of imide groups is 1. The molecule has 1 aliphatic rings. The number of thioether (sulfide) groups is 1. The summed E-state index contributed by atoms with van der Waals surface area (Å²) in [5.41, 5.74) is 1.74. The molecule has 188 valence electrons. The fourth-order valence-electron chi connectivity index (χ4n) is 3.79. The summed E-state index contributed by atoms with van der Waals surface area (Å²) in [6.45, 7) is 0. The van der Waals surface area contributed by atoms with Crippen LogP contribution in [0.25, 0.3) is 6.08 Å². The number of fused-ring (bicyclic) bond motifs is 1. The van der Waals surface area contributed by atoms with E-state index >= 15 is 0 Å². The monoisotopic (exact) mass is 523 g/mol. The summed E-state index contributed by atoms with van der Waals surface area (Å²) in [6.07, 6.45) is 2.92. The van der Waals surface area contributed by atoms with E-state index < -0.39 is 11.8 Å². The van der Waals surface area contributed by atoms with Crippen LogP contribution in [0.4, 0.5) is 5.69 Å². The van der Waals surface area contributed by atoms with Gasteiger partial charge in [0.25, 0.3) is 23.6 Å². The molecule has 3 aromatic carbocycles. The predicted octanol–water partition coefficient (Wildman–Crippen LogP) is 5.04. The molecule has 0 radical (unpaired) electrons. The van der Waals surface area contributed by atoms with Crippen molar-refractivity contribution in [2.45, 2.75) is 4.90 Å². The third kappa shape index (κ3) is 5.42. The Morgan fingerprint density at radius 2 is 1.47 bits per heavy atom. The van der Waals surface area contributed by atoms with Crippen LogP contribution in [0.3, 0.4) is 0 Å². The first-order valence-electron chi connectivity index (χ1n) is 11.6. The van der Waals surface area contributed by atoms with Crippen LogP contribution in [0, 0.1) is 0 Å². The normalized spacial score (nSPS) is 12.8. The summed E-state index contributed by atoms with van der Waals surface area (Å²) >= 11 is 1.33. The molecule has 38 heavy (non-hydrogen) atoms. The average molecular weight is 524 g/mol. The number of carbonyl (C=O) groups is 4. The predicted molar refractivity (Wildman–Crippen MR) is 143 cm³/mol. The number of carbonyl (C=O) groups excluding carboxylic acids is 4. The average Bonchev–Trinajstić information content (AvgIpc) is 3.55. The molecule has 0 spiro atoms. The quantitative estimate of drug-likeness (QED) is 0.190. The van der Waals surface area contributed by atoms with E-state index in [0.29, 0.717) is 28.1 Å². The van der Waals surface area contributed by atoms with Gasteiger partial charge in [-0.2, -0.15) is 0 Å². The van der Waals surface area contributed by atoms with Crippen molar-refractivity contribution in [3.63, 3.8) is 0 Å². The lowest BCUT2D eigenvalue weighted by Gasteiger charge is -2.14. The van der Waals surface area contributed by atoms with E-state index in [4.69, 9.17) is 4.42 Å². The van der Waals surface area contributed by atoms with Gasteiger partial charge in [-0.25, -0.2) is 0 Å². The minimum atomic E-state index is -0.530. The van der Waals surface area contributed by atoms with Crippen molar-refractivity contribution < 1.29 is 23.6 Å². The molecule has 0 saturated heterocycles. The van der Waals surface area contributed by atoms with Gasteiger partial charge >= 0.3 is 0 Å². The number of furan rings is 1. The molecular weight excluding hydrogens is 502 g/mol. The Kier molecular flexibility index (Phi) is 7.19. The molecule has 0 saturated carbocycles. The first-order chi connectivity index (χ1) is 18.5. The van der Waals surface area contributed by atoms with Crippen LogP contribution in [0.1, 0.15) is 36.8 Å². The van der Waals surface area contributed by atoms with Gasteiger partial charge in [0.2, 0.25) is 0 Å². The Bertz CT molecular complexity index is 1500. The van der Waals surface area contributed by atoms with Gasteiger partial charge in [0.05, 0.1) is 23.3 Å². The lowest BCUT2D eigenvalue weighted by atomic mass is 10.1. The van der Waals surface area contributed by atoms with E-state index in [1.807, 2.05) is 0 Å². The molecule has 9 heteroatoms. The summed E-state index contributed by atoms with van der Waals surface area (Å²) in [6, 6.07) is 25.6. The molecule has 0 aliphatic carbocycles. The highest BCUT2D eigenvalue weighted by Crippen LogP contribution is 2.27. The summed E-state index contributed by atoms with van der Waals surface area (Å²) in [7, 11) is 0. The first kappa shape index (κ1) is 24.8. The second-order valence-corrected chi connectivity index (χ2v) is 9.25. The highest BCUT2D eigenvalue weighted by Gasteiger charge is 2.34. The second-order valence-electron chi connectivity index (χ2n) is 8.23. The highest BCUT2D eigenvalue weighted by molar-refractivity contribution is 7.99. The lowest BCUT2D eigenvalue weighted by Crippen LogP contribution is -2.30. The SMILES string of the molecule is O=C(Nc1ccc(SCN2C(=O)c3ccccc3C2=O)cc1)/C(=C/c1ccco1)NC(=O)c1ccccc1. The van der Waals surface area contributed by atoms with Crippen molar-refractivity contribution in [3.05, 3.63) is 125 Å². The largest absolute Gasteiger partial charge is 0.465 e. The van der Waals surface area contributed by atoms with Crippen LogP contribution >= 0.6 is 11.8 Å². The van der Waals surface area contributed by atoms with E-state index in [2.05, 4.69) is 10.6 Å². The lowest BCUT2D eigenvalue weighted by molar-refractivity contribution is -0.113. The van der Waals surface area contributed by atoms with Gasteiger partial charge in [-0.1, -0.05) is 30.3 Å². The smallest absolute Gasteiger partial charge is 0.272 e. The number of amides is 4. The Morgan fingerprint density at radius 3 is 2.11 bits per heavy atom. The van der Waals surface area contributed by atoms with Gasteiger partial charge in [0.1, 0.15) is 11.5 Å². The van der Waals surface area contributed by atoms with E-state index in [9.17, 15) is 19.2 Å². The standard InChI is InChI=1S/C29H21N3O5S/c33-26(19-7-2-1-3-8-19)31-25(17-21-9-6-16-37-21)27(34)30-20-12-14-22(15-13-20)38-18-32-28(35)23-10-4-5-11-24(23)29(32)36/h1-17H,18H2,(H,30,34)(H,31,33)/b25-17-. The van der Waals surface area contributed by atoms with Gasteiger partial charge in [-0.05, 0) is 60.7 Å². The Balaban J connectivity index is 1.23. The summed E-state index contributed by atoms with van der Waals surface area (Å²) in [5.74, 6) is -1.01.